The van der Waals surface area contributed by atoms with Gasteiger partial charge in [0.25, 0.3) is 0 Å². The van der Waals surface area contributed by atoms with Gasteiger partial charge in [0, 0.05) is 5.92 Å². The van der Waals surface area contributed by atoms with Crippen LogP contribution in [0.3, 0.4) is 0 Å². The van der Waals surface area contributed by atoms with E-state index in [4.69, 9.17) is 4.99 Å². The molecule has 3 aliphatic rings. The Morgan fingerprint density at radius 3 is 2.38 bits per heavy atom. The molecule has 0 amide bonds. The van der Waals surface area contributed by atoms with Crippen LogP contribution in [0.1, 0.15) is 36.8 Å². The Balaban J connectivity index is 1.19. The summed E-state index contributed by atoms with van der Waals surface area (Å²) in [5.74, 6) is 1.27. The van der Waals surface area contributed by atoms with E-state index in [2.05, 4.69) is 102 Å². The van der Waals surface area contributed by atoms with Crippen LogP contribution >= 0.6 is 11.8 Å². The first-order valence-electron chi connectivity index (χ1n) is 12.2. The fraction of sp³-hybridized carbons (Fsp3) is 0.414. The van der Waals surface area contributed by atoms with E-state index in [-0.39, 0.29) is 0 Å². The van der Waals surface area contributed by atoms with Crippen LogP contribution in [0.5, 0.6) is 0 Å². The van der Waals surface area contributed by atoms with Crippen molar-refractivity contribution in [2.24, 2.45) is 16.8 Å². The quantitative estimate of drug-likeness (QED) is 0.493. The lowest BCUT2D eigenvalue weighted by molar-refractivity contribution is 0.188. The molecule has 0 aromatic heterocycles. The van der Waals surface area contributed by atoms with E-state index in [9.17, 15) is 0 Å². The molecule has 5 rings (SSSR count). The Labute approximate surface area is 197 Å². The summed E-state index contributed by atoms with van der Waals surface area (Å²) in [6.45, 7) is 3.69. The van der Waals surface area contributed by atoms with Crippen LogP contribution in [0, 0.1) is 11.8 Å². The van der Waals surface area contributed by atoms with Gasteiger partial charge in [0.05, 0.1) is 11.0 Å². The van der Waals surface area contributed by atoms with Crippen LogP contribution < -0.4 is 0 Å². The van der Waals surface area contributed by atoms with E-state index < -0.39 is 0 Å². The Morgan fingerprint density at radius 1 is 0.906 bits per heavy atom. The number of likely N-dealkylation sites (tertiary alicyclic amines) is 1. The summed E-state index contributed by atoms with van der Waals surface area (Å²) in [5.41, 5.74) is 4.14. The Hall–Kier alpha value is -2.10. The number of hydrogen-bond donors (Lipinski definition) is 0. The fourth-order valence-electron chi connectivity index (χ4n) is 5.28. The minimum Gasteiger partial charge on any atom is -0.303 e. The van der Waals surface area contributed by atoms with Crippen molar-refractivity contribution in [1.29, 1.82) is 0 Å². The molecule has 2 nitrogen and oxygen atoms in total. The zero-order valence-electron chi connectivity index (χ0n) is 18.9. The van der Waals surface area contributed by atoms with Crippen LogP contribution in [0.15, 0.2) is 90.0 Å². The number of thioether (sulfide) groups is 1. The molecule has 2 aromatic carbocycles. The van der Waals surface area contributed by atoms with E-state index >= 15 is 0 Å². The van der Waals surface area contributed by atoms with Gasteiger partial charge in [0.1, 0.15) is 5.37 Å². The van der Waals surface area contributed by atoms with E-state index in [1.807, 2.05) is 0 Å². The topological polar surface area (TPSA) is 15.6 Å². The molecule has 32 heavy (non-hydrogen) atoms. The average Bonchev–Trinajstić information content (AvgIpc) is 3.32. The van der Waals surface area contributed by atoms with Crippen LogP contribution in [0.4, 0.5) is 0 Å². The Kier molecular flexibility index (Phi) is 7.25. The summed E-state index contributed by atoms with van der Waals surface area (Å²) in [4.78, 5) is 8.01. The lowest BCUT2D eigenvalue weighted by Gasteiger charge is -2.35. The van der Waals surface area contributed by atoms with Gasteiger partial charge >= 0.3 is 0 Å². The summed E-state index contributed by atoms with van der Waals surface area (Å²) in [6.07, 6.45) is 15.2. The van der Waals surface area contributed by atoms with Gasteiger partial charge in [-0.05, 0) is 68.8 Å². The molecule has 1 fully saturated rings. The van der Waals surface area contributed by atoms with Gasteiger partial charge < -0.3 is 4.90 Å². The minimum absolute atomic E-state index is 0.361. The third-order valence-electron chi connectivity index (χ3n) is 7.11. The molecule has 0 saturated carbocycles. The molecule has 2 aliphatic heterocycles. The second-order valence-electron chi connectivity index (χ2n) is 9.31. The van der Waals surface area contributed by atoms with Gasteiger partial charge in [-0.2, -0.15) is 0 Å². The van der Waals surface area contributed by atoms with Crippen molar-refractivity contribution in [3.05, 3.63) is 96.1 Å². The number of benzene rings is 2. The zero-order valence-corrected chi connectivity index (χ0v) is 19.7. The normalized spacial score (nSPS) is 26.4. The summed E-state index contributed by atoms with van der Waals surface area (Å²) >= 11 is 2.14. The highest BCUT2D eigenvalue weighted by Gasteiger charge is 2.39. The molecule has 1 saturated heterocycles. The summed E-state index contributed by atoms with van der Waals surface area (Å²) in [7, 11) is 0. The number of rotatable bonds is 7. The standard InChI is InChI=1S/C29H34N2S/c1-4-11-23(12-5-1)13-10-20-31-21-18-25(19-22-31)28-27(24-14-6-2-7-15-24)30-29(32-28)26-16-8-3-9-17-26/h1-9,11-12,14-16,25-26,28-29H,10,13,17-22H2. The monoisotopic (exact) mass is 442 g/mol. The van der Waals surface area contributed by atoms with Crippen molar-refractivity contribution < 1.29 is 0 Å². The molecule has 0 N–H and O–H groups in total. The third kappa shape index (κ3) is 5.27. The average molecular weight is 443 g/mol. The highest BCUT2D eigenvalue weighted by Crippen LogP contribution is 2.43. The molecule has 0 bridgehead atoms. The molecular formula is C29H34N2S. The highest BCUT2D eigenvalue weighted by molar-refractivity contribution is 8.01. The number of piperidine rings is 1. The molecule has 0 spiro atoms. The molecule has 2 heterocycles. The molecule has 3 heteroatoms. The Bertz CT molecular complexity index is 942. The highest BCUT2D eigenvalue weighted by atomic mass is 32.2. The van der Waals surface area contributed by atoms with Gasteiger partial charge in [-0.15, -0.1) is 11.8 Å². The molecule has 0 radical (unpaired) electrons. The van der Waals surface area contributed by atoms with Crippen LogP contribution in [-0.4, -0.2) is 40.9 Å². The van der Waals surface area contributed by atoms with E-state index in [0.717, 1.165) is 12.3 Å². The number of aryl methyl sites for hydroxylation is 1. The summed E-state index contributed by atoms with van der Waals surface area (Å²) in [5, 5.41) is 0.897. The smallest absolute Gasteiger partial charge is 0.103 e. The molecule has 166 valence electrons. The lowest BCUT2D eigenvalue weighted by atomic mass is 9.88. The lowest BCUT2D eigenvalue weighted by Crippen LogP contribution is -2.39. The first-order chi connectivity index (χ1) is 15.9. The molecule has 3 atom stereocenters. The second kappa shape index (κ2) is 10.7. The van der Waals surface area contributed by atoms with Crippen molar-refractivity contribution in [2.75, 3.05) is 19.6 Å². The Morgan fingerprint density at radius 2 is 1.66 bits per heavy atom. The molecular weight excluding hydrogens is 408 g/mol. The first-order valence-corrected chi connectivity index (χ1v) is 13.2. The van der Waals surface area contributed by atoms with Gasteiger partial charge in [0.2, 0.25) is 0 Å². The SMILES string of the molecule is C1=CCC(C2N=C(c3ccccc3)C(C3CCN(CCCc4ccccc4)CC3)S2)C=C1. The summed E-state index contributed by atoms with van der Waals surface area (Å²) in [6, 6.07) is 21.8. The third-order valence-corrected chi connectivity index (χ3v) is 8.75. The van der Waals surface area contributed by atoms with Crippen LogP contribution in [0.2, 0.25) is 0 Å². The molecule has 2 aromatic rings. The van der Waals surface area contributed by atoms with Crippen molar-refractivity contribution in [2.45, 2.75) is 42.7 Å². The maximum Gasteiger partial charge on any atom is 0.103 e. The van der Waals surface area contributed by atoms with Crippen LogP contribution in [0.25, 0.3) is 0 Å². The molecule has 1 aliphatic carbocycles. The number of aliphatic imine (C=N–C) groups is 1. The van der Waals surface area contributed by atoms with Gasteiger partial charge in [-0.1, -0.05) is 85.0 Å². The molecule has 3 unspecified atom stereocenters. The van der Waals surface area contributed by atoms with Gasteiger partial charge in [-0.3, -0.25) is 4.99 Å². The van der Waals surface area contributed by atoms with Crippen molar-refractivity contribution in [1.82, 2.24) is 4.90 Å². The largest absolute Gasteiger partial charge is 0.303 e. The van der Waals surface area contributed by atoms with Crippen molar-refractivity contribution >= 4 is 17.5 Å². The van der Waals surface area contributed by atoms with Crippen LogP contribution in [-0.2, 0) is 6.42 Å². The van der Waals surface area contributed by atoms with E-state index in [1.54, 1.807) is 0 Å². The van der Waals surface area contributed by atoms with Crippen molar-refractivity contribution in [3.63, 3.8) is 0 Å². The maximum atomic E-state index is 5.32. The van der Waals surface area contributed by atoms with Crippen molar-refractivity contribution in [3.8, 4) is 0 Å². The predicted octanol–water partition coefficient (Wildman–Crippen LogP) is 6.39. The van der Waals surface area contributed by atoms with Gasteiger partial charge in [-0.25, -0.2) is 0 Å². The maximum absolute atomic E-state index is 5.32. The van der Waals surface area contributed by atoms with Gasteiger partial charge in [0.15, 0.2) is 0 Å². The number of nitrogens with zero attached hydrogens (tertiary/aromatic N) is 2. The first kappa shape index (κ1) is 21.7. The minimum atomic E-state index is 0.361. The second-order valence-corrected chi connectivity index (χ2v) is 10.6. The predicted molar refractivity (Wildman–Crippen MR) is 138 cm³/mol. The van der Waals surface area contributed by atoms with E-state index in [0.29, 0.717) is 16.5 Å². The number of hydrogen-bond acceptors (Lipinski definition) is 3. The summed E-state index contributed by atoms with van der Waals surface area (Å²) < 4.78 is 0. The number of allylic oxidation sites excluding steroid dienone is 3. The fourth-order valence-corrected chi connectivity index (χ4v) is 6.98. The zero-order chi connectivity index (χ0) is 21.6. The van der Waals surface area contributed by atoms with E-state index in [1.165, 1.54) is 62.2 Å².